The number of benzene rings is 2. The lowest BCUT2D eigenvalue weighted by Gasteiger charge is -2.15. The van der Waals surface area contributed by atoms with Crippen LogP contribution >= 0.6 is 0 Å². The molecule has 2 N–H and O–H groups in total. The average Bonchev–Trinajstić information content (AvgIpc) is 3.28. The smallest absolute Gasteiger partial charge is 0.318 e. The molecule has 2 amide bonds. The van der Waals surface area contributed by atoms with Gasteiger partial charge in [-0.25, -0.2) is 12.4 Å². The van der Waals surface area contributed by atoms with Crippen molar-refractivity contribution < 1.29 is 49.1 Å². The Kier molecular flexibility index (Phi) is 7.21. The van der Waals surface area contributed by atoms with Crippen LogP contribution in [-0.2, 0) is 19.6 Å². The molecule has 0 fully saturated rings. The van der Waals surface area contributed by atoms with Gasteiger partial charge in [0.2, 0.25) is 5.78 Å². The number of amides is 2. The second kappa shape index (κ2) is 9.72. The van der Waals surface area contributed by atoms with Crippen molar-refractivity contribution in [3.05, 3.63) is 77.6 Å². The number of rotatable bonds is 6. The van der Waals surface area contributed by atoms with Crippen molar-refractivity contribution in [2.45, 2.75) is 24.2 Å². The molecule has 15 heteroatoms. The maximum Gasteiger partial charge on any atom is 0.471 e. The number of aryl methyl sites for hydroxylation is 1. The number of anilines is 2. The van der Waals surface area contributed by atoms with Crippen LogP contribution in [0.15, 0.2) is 65.7 Å². The summed E-state index contributed by atoms with van der Waals surface area (Å²) in [4.78, 5) is 35.7. The molecule has 0 saturated carbocycles. The van der Waals surface area contributed by atoms with Crippen LogP contribution in [0.3, 0.4) is 0 Å². The number of carbonyl (C=O) groups excluding carboxylic acids is 3. The molecule has 0 spiro atoms. The van der Waals surface area contributed by atoms with Crippen molar-refractivity contribution in [1.29, 1.82) is 0 Å². The minimum atomic E-state index is -5.38. The van der Waals surface area contributed by atoms with Crippen LogP contribution in [-0.4, -0.2) is 42.3 Å². The molecule has 8 nitrogen and oxygen atoms in total. The van der Waals surface area contributed by atoms with Crippen molar-refractivity contribution in [3.63, 3.8) is 0 Å². The van der Waals surface area contributed by atoms with Crippen LogP contribution in [0.25, 0.3) is 0 Å². The predicted molar refractivity (Wildman–Crippen MR) is 117 cm³/mol. The molecule has 3 rings (SSSR count). The molecule has 0 bridgehead atoms. The van der Waals surface area contributed by atoms with Crippen molar-refractivity contribution >= 4 is 39.0 Å². The zero-order chi connectivity index (χ0) is 27.8. The largest absolute Gasteiger partial charge is 0.471 e. The van der Waals surface area contributed by atoms with Crippen LogP contribution in [0.4, 0.5) is 37.7 Å². The van der Waals surface area contributed by atoms with E-state index < -0.39 is 62.6 Å². The summed E-state index contributed by atoms with van der Waals surface area (Å²) in [5.74, 6) is -6.15. The third kappa shape index (κ3) is 5.99. The predicted octanol–water partition coefficient (Wildman–Crippen LogP) is 4.27. The zero-order valence-corrected chi connectivity index (χ0v) is 19.3. The third-order valence-electron chi connectivity index (χ3n) is 4.80. The standard InChI is InChI=1S/C22H15F6N3O5S/c1-12-5-2-3-7-17(12)37(35,36)31-8-4-6-16(31)18(32)13-9-14(29-19(33)21(23,24)25)11-15(10-13)30-20(34)22(26,27)28/h2-11H,1H3,(H,29,33)(H,30,34). The fourth-order valence-electron chi connectivity index (χ4n) is 3.16. The highest BCUT2D eigenvalue weighted by molar-refractivity contribution is 7.90. The first-order valence-corrected chi connectivity index (χ1v) is 11.4. The number of ketones is 1. The molecule has 196 valence electrons. The van der Waals surface area contributed by atoms with Crippen molar-refractivity contribution in [3.8, 4) is 0 Å². The molecule has 0 aliphatic rings. The molecule has 1 aromatic heterocycles. The summed E-state index contributed by atoms with van der Waals surface area (Å²) in [6.45, 7) is 1.50. The summed E-state index contributed by atoms with van der Waals surface area (Å²) < 4.78 is 103. The summed E-state index contributed by atoms with van der Waals surface area (Å²) in [6, 6.07) is 9.98. The van der Waals surface area contributed by atoms with Crippen molar-refractivity contribution in [2.24, 2.45) is 0 Å². The first-order valence-electron chi connectivity index (χ1n) is 9.96. The molecule has 3 aromatic rings. The second-order valence-electron chi connectivity index (χ2n) is 7.49. The number of carbonyl (C=O) groups is 3. The Bertz CT molecular complexity index is 1450. The number of hydrogen-bond donors (Lipinski definition) is 2. The molecule has 0 aliphatic heterocycles. The van der Waals surface area contributed by atoms with Crippen LogP contribution < -0.4 is 10.6 Å². The summed E-state index contributed by atoms with van der Waals surface area (Å²) in [5, 5.41) is 2.76. The number of alkyl halides is 6. The number of nitrogens with one attached hydrogen (secondary N) is 2. The first-order chi connectivity index (χ1) is 17.0. The normalized spacial score (nSPS) is 12.2. The quantitative estimate of drug-likeness (QED) is 0.354. The van der Waals surface area contributed by atoms with Crippen molar-refractivity contribution in [2.75, 3.05) is 10.6 Å². The Morgan fingerprint density at radius 2 is 1.30 bits per heavy atom. The van der Waals surface area contributed by atoms with Gasteiger partial charge in [-0.05, 0) is 48.9 Å². The van der Waals surface area contributed by atoms with E-state index in [0.717, 1.165) is 12.3 Å². The topological polar surface area (TPSA) is 114 Å². The van der Waals surface area contributed by atoms with Crippen LogP contribution in [0, 0.1) is 6.92 Å². The van der Waals surface area contributed by atoms with Gasteiger partial charge in [0, 0.05) is 23.1 Å². The minimum Gasteiger partial charge on any atom is -0.318 e. The van der Waals surface area contributed by atoms with Gasteiger partial charge in [0.1, 0.15) is 5.69 Å². The van der Waals surface area contributed by atoms with Gasteiger partial charge in [-0.15, -0.1) is 0 Å². The zero-order valence-electron chi connectivity index (χ0n) is 18.4. The molecule has 0 atom stereocenters. The highest BCUT2D eigenvalue weighted by Crippen LogP contribution is 2.27. The summed E-state index contributed by atoms with van der Waals surface area (Å²) in [5.41, 5.74) is -2.38. The van der Waals surface area contributed by atoms with E-state index in [9.17, 15) is 49.1 Å². The fraction of sp³-hybridized carbons (Fsp3) is 0.136. The number of hydrogen-bond acceptors (Lipinski definition) is 5. The lowest BCUT2D eigenvalue weighted by atomic mass is 10.1. The highest BCUT2D eigenvalue weighted by Gasteiger charge is 2.40. The molecule has 37 heavy (non-hydrogen) atoms. The summed E-state index contributed by atoms with van der Waals surface area (Å²) >= 11 is 0. The maximum atomic E-state index is 13.2. The van der Waals surface area contributed by atoms with E-state index >= 15 is 0 Å². The van der Waals surface area contributed by atoms with E-state index in [0.29, 0.717) is 27.7 Å². The lowest BCUT2D eigenvalue weighted by molar-refractivity contribution is -0.167. The molecule has 2 aromatic carbocycles. The summed E-state index contributed by atoms with van der Waals surface area (Å²) in [7, 11) is -4.35. The highest BCUT2D eigenvalue weighted by atomic mass is 32.2. The third-order valence-corrected chi connectivity index (χ3v) is 6.65. The fourth-order valence-corrected chi connectivity index (χ4v) is 4.73. The van der Waals surface area contributed by atoms with E-state index in [2.05, 4.69) is 0 Å². The van der Waals surface area contributed by atoms with Gasteiger partial charge >= 0.3 is 24.2 Å². The molecular formula is C22H15F6N3O5S. The minimum absolute atomic E-state index is 0.162. The van der Waals surface area contributed by atoms with E-state index in [1.165, 1.54) is 41.8 Å². The van der Waals surface area contributed by atoms with Gasteiger partial charge in [0.25, 0.3) is 10.0 Å². The Morgan fingerprint density at radius 3 is 1.78 bits per heavy atom. The van der Waals surface area contributed by atoms with Gasteiger partial charge in [0.05, 0.1) is 4.90 Å². The first kappa shape index (κ1) is 27.4. The number of halogens is 6. The van der Waals surface area contributed by atoms with Gasteiger partial charge in [-0.2, -0.15) is 26.3 Å². The molecule has 0 unspecified atom stereocenters. The molecular weight excluding hydrogens is 532 g/mol. The Morgan fingerprint density at radius 1 is 0.784 bits per heavy atom. The maximum absolute atomic E-state index is 13.2. The van der Waals surface area contributed by atoms with Gasteiger partial charge in [-0.3, -0.25) is 14.4 Å². The second-order valence-corrected chi connectivity index (χ2v) is 9.28. The van der Waals surface area contributed by atoms with Crippen molar-refractivity contribution in [1.82, 2.24) is 3.97 Å². The average molecular weight is 547 g/mol. The van der Waals surface area contributed by atoms with E-state index in [-0.39, 0.29) is 4.90 Å². The lowest BCUT2D eigenvalue weighted by Crippen LogP contribution is -2.31. The summed E-state index contributed by atoms with van der Waals surface area (Å²) in [6.07, 6.45) is -9.74. The number of aromatic nitrogens is 1. The molecule has 0 radical (unpaired) electrons. The Hall–Kier alpha value is -4.14. The van der Waals surface area contributed by atoms with Gasteiger partial charge in [-0.1, -0.05) is 18.2 Å². The van der Waals surface area contributed by atoms with Crippen LogP contribution in [0.2, 0.25) is 0 Å². The van der Waals surface area contributed by atoms with E-state index in [1.54, 1.807) is 6.07 Å². The Labute approximate surface area is 204 Å². The molecule has 0 aliphatic carbocycles. The molecule has 0 saturated heterocycles. The SMILES string of the molecule is Cc1ccccc1S(=O)(=O)n1cccc1C(=O)c1cc(NC(=O)C(F)(F)F)cc(NC(=O)C(F)(F)F)c1. The number of nitrogens with zero attached hydrogens (tertiary/aromatic N) is 1. The van der Waals surface area contributed by atoms with E-state index in [4.69, 9.17) is 0 Å². The monoisotopic (exact) mass is 547 g/mol. The van der Waals surface area contributed by atoms with Crippen LogP contribution in [0.1, 0.15) is 21.6 Å². The van der Waals surface area contributed by atoms with Crippen LogP contribution in [0.5, 0.6) is 0 Å². The van der Waals surface area contributed by atoms with Gasteiger partial charge < -0.3 is 10.6 Å². The van der Waals surface area contributed by atoms with E-state index in [1.807, 2.05) is 0 Å². The van der Waals surface area contributed by atoms with Gasteiger partial charge in [0.15, 0.2) is 0 Å². The Balaban J connectivity index is 2.10. The molecule has 1 heterocycles.